The molecule has 0 saturated heterocycles. The number of ether oxygens (including phenoxy) is 1. The van der Waals surface area contributed by atoms with Gasteiger partial charge in [-0.3, -0.25) is 0 Å². The van der Waals surface area contributed by atoms with Crippen molar-refractivity contribution in [1.82, 2.24) is 0 Å². The quantitative estimate of drug-likeness (QED) is 0.367. The number of halogens is 1. The molecule has 3 nitrogen and oxygen atoms in total. The van der Waals surface area contributed by atoms with Crippen LogP contribution in [0.25, 0.3) is 0 Å². The monoisotopic (exact) mass is 347 g/mol. The normalized spacial score (nSPS) is 9.19. The molecule has 0 aromatic heterocycles. The van der Waals surface area contributed by atoms with Gasteiger partial charge in [-0.05, 0) is 38.8 Å². The first-order valence-electron chi connectivity index (χ1n) is 4.37. The molecule has 0 unspecified atom stereocenters. The van der Waals surface area contributed by atoms with E-state index in [1.165, 1.54) is 16.0 Å². The van der Waals surface area contributed by atoms with E-state index in [0.717, 1.165) is 11.1 Å². The zero-order valence-corrected chi connectivity index (χ0v) is 11.8. The number of carbonyl (C=O) groups is 1. The van der Waals surface area contributed by atoms with Gasteiger partial charge in [0.15, 0.2) is 0 Å². The number of nitrogen functional groups attached to an aromatic ring is 1. The van der Waals surface area contributed by atoms with Crippen molar-refractivity contribution in [2.75, 3.05) is 12.8 Å². The van der Waals surface area contributed by atoms with Crippen LogP contribution in [0.15, 0.2) is 12.1 Å². The molecule has 0 spiro atoms. The number of anilines is 1. The smallest absolute Gasteiger partial charge is 0.338 e. The molecular weight excluding hydrogens is 337 g/mol. The Balaban J connectivity index is 3.21. The standard InChI is InChI=1S/C11H10INO2S/c1-7-5-8(3-4-16-12)10(13)6-9(7)11(14)15-2/h5-6H,13H2,1-2H3. The molecule has 0 amide bonds. The molecule has 1 rings (SSSR count). The number of methoxy groups -OCH3 is 1. The Kier molecular flexibility index (Phi) is 4.96. The fourth-order valence-corrected chi connectivity index (χ4v) is 1.72. The molecule has 0 fully saturated rings. The summed E-state index contributed by atoms with van der Waals surface area (Å²) in [5, 5.41) is 2.85. The van der Waals surface area contributed by atoms with Crippen molar-refractivity contribution in [2.24, 2.45) is 0 Å². The average Bonchev–Trinajstić information content (AvgIpc) is 2.28. The molecule has 0 radical (unpaired) electrons. The SMILES string of the molecule is COC(=O)c1cc(N)c(C#CSI)cc1C. The third-order valence-corrected chi connectivity index (χ3v) is 2.87. The number of carbonyl (C=O) groups excluding carboxylic acids is 1. The highest BCUT2D eigenvalue weighted by Gasteiger charge is 2.11. The van der Waals surface area contributed by atoms with Crippen LogP contribution in [0.2, 0.25) is 0 Å². The topological polar surface area (TPSA) is 52.3 Å². The summed E-state index contributed by atoms with van der Waals surface area (Å²) in [4.78, 5) is 11.4. The van der Waals surface area contributed by atoms with Crippen LogP contribution in [0.4, 0.5) is 5.69 Å². The van der Waals surface area contributed by atoms with Crippen LogP contribution in [0, 0.1) is 18.1 Å². The minimum Gasteiger partial charge on any atom is -0.465 e. The fraction of sp³-hybridized carbons (Fsp3) is 0.182. The average molecular weight is 347 g/mol. The summed E-state index contributed by atoms with van der Waals surface area (Å²) in [7, 11) is 2.73. The van der Waals surface area contributed by atoms with Gasteiger partial charge in [0.2, 0.25) is 0 Å². The van der Waals surface area contributed by atoms with Crippen LogP contribution in [0.1, 0.15) is 21.5 Å². The van der Waals surface area contributed by atoms with E-state index in [0.29, 0.717) is 11.3 Å². The second-order valence-electron chi connectivity index (χ2n) is 3.05. The van der Waals surface area contributed by atoms with Gasteiger partial charge < -0.3 is 10.5 Å². The summed E-state index contributed by atoms with van der Waals surface area (Å²) < 4.78 is 4.66. The lowest BCUT2D eigenvalue weighted by Gasteiger charge is -2.06. The van der Waals surface area contributed by atoms with Crippen LogP contribution in [-0.2, 0) is 4.74 Å². The molecule has 1 aromatic carbocycles. The van der Waals surface area contributed by atoms with Crippen molar-refractivity contribution in [3.63, 3.8) is 0 Å². The lowest BCUT2D eigenvalue weighted by molar-refractivity contribution is 0.0600. The van der Waals surface area contributed by atoms with Gasteiger partial charge in [-0.2, -0.15) is 0 Å². The molecule has 0 bridgehead atoms. The van der Waals surface area contributed by atoms with Gasteiger partial charge in [-0.1, -0.05) is 5.92 Å². The zero-order chi connectivity index (χ0) is 12.1. The highest BCUT2D eigenvalue weighted by atomic mass is 127. The maximum atomic E-state index is 11.4. The molecule has 1 aromatic rings. The van der Waals surface area contributed by atoms with Crippen molar-refractivity contribution >= 4 is 41.8 Å². The number of aryl methyl sites for hydroxylation is 1. The molecule has 16 heavy (non-hydrogen) atoms. The molecule has 0 aliphatic carbocycles. The van der Waals surface area contributed by atoms with Gasteiger partial charge >= 0.3 is 5.97 Å². The maximum absolute atomic E-state index is 11.4. The summed E-state index contributed by atoms with van der Waals surface area (Å²) >= 11 is 2.09. The molecule has 0 aliphatic heterocycles. The zero-order valence-electron chi connectivity index (χ0n) is 8.83. The van der Waals surface area contributed by atoms with Crippen molar-refractivity contribution in [1.29, 1.82) is 0 Å². The largest absolute Gasteiger partial charge is 0.465 e. The Morgan fingerprint density at radius 3 is 2.81 bits per heavy atom. The summed E-state index contributed by atoms with van der Waals surface area (Å²) in [6.45, 7) is 1.83. The Hall–Kier alpha value is -0.870. The Morgan fingerprint density at radius 1 is 1.56 bits per heavy atom. The van der Waals surface area contributed by atoms with Gasteiger partial charge in [-0.25, -0.2) is 4.79 Å². The number of benzene rings is 1. The highest BCUT2D eigenvalue weighted by molar-refractivity contribution is 14.2. The first kappa shape index (κ1) is 13.2. The number of hydrogen-bond acceptors (Lipinski definition) is 4. The molecule has 5 heteroatoms. The molecule has 84 valence electrons. The van der Waals surface area contributed by atoms with Gasteiger partial charge in [0, 0.05) is 32.5 Å². The highest BCUT2D eigenvalue weighted by Crippen LogP contribution is 2.19. The number of hydrogen-bond donors (Lipinski definition) is 1. The summed E-state index contributed by atoms with van der Waals surface area (Å²) in [6, 6.07) is 3.39. The molecule has 0 heterocycles. The Morgan fingerprint density at radius 2 is 2.25 bits per heavy atom. The first-order chi connectivity index (χ1) is 7.60. The minimum atomic E-state index is -0.382. The van der Waals surface area contributed by atoms with Crippen LogP contribution >= 0.6 is 30.1 Å². The van der Waals surface area contributed by atoms with Gasteiger partial charge in [0.25, 0.3) is 0 Å². The van der Waals surface area contributed by atoms with Crippen LogP contribution < -0.4 is 5.73 Å². The number of esters is 1. The summed E-state index contributed by atoms with van der Waals surface area (Å²) in [5.74, 6) is 2.53. The van der Waals surface area contributed by atoms with Gasteiger partial charge in [0.05, 0.1) is 12.7 Å². The predicted octanol–water partition coefficient (Wildman–Crippen LogP) is 2.76. The lowest BCUT2D eigenvalue weighted by atomic mass is 10.0. The Labute approximate surface area is 111 Å². The maximum Gasteiger partial charge on any atom is 0.338 e. The molecule has 0 atom stereocenters. The van der Waals surface area contributed by atoms with Crippen molar-refractivity contribution in [3.05, 3.63) is 28.8 Å². The predicted molar refractivity (Wildman–Crippen MR) is 75.4 cm³/mol. The van der Waals surface area contributed by atoms with Crippen LogP contribution in [-0.4, -0.2) is 13.1 Å². The molecule has 0 saturated carbocycles. The van der Waals surface area contributed by atoms with E-state index < -0.39 is 0 Å². The van der Waals surface area contributed by atoms with Crippen LogP contribution in [0.5, 0.6) is 0 Å². The second kappa shape index (κ2) is 6.01. The second-order valence-corrected chi connectivity index (χ2v) is 4.73. The van der Waals surface area contributed by atoms with Crippen molar-refractivity contribution < 1.29 is 9.53 Å². The van der Waals surface area contributed by atoms with Crippen LogP contribution in [0.3, 0.4) is 0 Å². The van der Waals surface area contributed by atoms with E-state index in [-0.39, 0.29) is 5.97 Å². The lowest BCUT2D eigenvalue weighted by Crippen LogP contribution is -2.05. The van der Waals surface area contributed by atoms with E-state index in [1.807, 2.05) is 6.92 Å². The minimum absolute atomic E-state index is 0.382. The van der Waals surface area contributed by atoms with E-state index in [9.17, 15) is 4.79 Å². The van der Waals surface area contributed by atoms with Crippen molar-refractivity contribution in [3.8, 4) is 11.2 Å². The summed E-state index contributed by atoms with van der Waals surface area (Å²) in [5.41, 5.74) is 8.31. The molecule has 0 aliphatic rings. The van der Waals surface area contributed by atoms with E-state index >= 15 is 0 Å². The number of rotatable bonds is 1. The molecular formula is C11H10INO2S. The summed E-state index contributed by atoms with van der Waals surface area (Å²) in [6.07, 6.45) is 0. The van der Waals surface area contributed by atoms with Crippen molar-refractivity contribution in [2.45, 2.75) is 6.92 Å². The fourth-order valence-electron chi connectivity index (χ4n) is 1.24. The first-order valence-corrected chi connectivity index (χ1v) is 7.73. The number of nitrogens with two attached hydrogens (primary N) is 1. The van der Waals surface area contributed by atoms with E-state index in [4.69, 9.17) is 5.73 Å². The third kappa shape index (κ3) is 3.06. The van der Waals surface area contributed by atoms with E-state index in [2.05, 4.69) is 37.1 Å². The van der Waals surface area contributed by atoms with Gasteiger partial charge in [0.1, 0.15) is 0 Å². The van der Waals surface area contributed by atoms with Gasteiger partial charge in [-0.15, -0.1) is 0 Å². The molecule has 2 N–H and O–H groups in total. The Bertz CT molecular complexity index is 477. The third-order valence-electron chi connectivity index (χ3n) is 2.03. The van der Waals surface area contributed by atoms with E-state index in [1.54, 1.807) is 12.1 Å².